The summed E-state index contributed by atoms with van der Waals surface area (Å²) in [6.45, 7) is 6.12. The molecular formula is C20H18N2O. The predicted octanol–water partition coefficient (Wildman–Crippen LogP) is 4.13. The van der Waals surface area contributed by atoms with E-state index in [2.05, 4.69) is 18.0 Å². The number of pyridine rings is 1. The van der Waals surface area contributed by atoms with E-state index in [1.54, 1.807) is 6.08 Å². The molecule has 1 N–H and O–H groups in total. The highest BCUT2D eigenvalue weighted by molar-refractivity contribution is 6.07. The minimum absolute atomic E-state index is 0.114. The second-order valence-electron chi connectivity index (χ2n) is 5.44. The lowest BCUT2D eigenvalue weighted by molar-refractivity contribution is 0.0959. The first-order chi connectivity index (χ1) is 11.2. The molecule has 3 nitrogen and oxygen atoms in total. The third-order valence-corrected chi connectivity index (χ3v) is 3.68. The molecule has 0 aliphatic carbocycles. The fourth-order valence-electron chi connectivity index (χ4n) is 2.58. The van der Waals surface area contributed by atoms with Crippen molar-refractivity contribution >= 4 is 16.8 Å². The lowest BCUT2D eigenvalue weighted by Crippen LogP contribution is -2.23. The van der Waals surface area contributed by atoms with Crippen LogP contribution in [-0.2, 0) is 0 Å². The van der Waals surface area contributed by atoms with Gasteiger partial charge in [-0.3, -0.25) is 4.79 Å². The van der Waals surface area contributed by atoms with Crippen LogP contribution in [0.15, 0.2) is 67.3 Å². The Morgan fingerprint density at radius 2 is 2.00 bits per heavy atom. The molecule has 3 heteroatoms. The summed E-state index contributed by atoms with van der Waals surface area (Å²) in [5, 5.41) is 3.70. The van der Waals surface area contributed by atoms with Crippen molar-refractivity contribution in [2.75, 3.05) is 6.54 Å². The first-order valence-corrected chi connectivity index (χ1v) is 7.55. The zero-order valence-electron chi connectivity index (χ0n) is 13.0. The number of benzene rings is 2. The Kier molecular flexibility index (Phi) is 4.20. The maximum atomic E-state index is 12.5. The van der Waals surface area contributed by atoms with Crippen molar-refractivity contribution < 1.29 is 4.79 Å². The smallest absolute Gasteiger partial charge is 0.252 e. The molecule has 1 aromatic heterocycles. The average Bonchev–Trinajstić information content (AvgIpc) is 2.58. The number of hydrogen-bond donors (Lipinski definition) is 1. The maximum absolute atomic E-state index is 12.5. The van der Waals surface area contributed by atoms with Crippen molar-refractivity contribution in [2.45, 2.75) is 6.92 Å². The van der Waals surface area contributed by atoms with Gasteiger partial charge >= 0.3 is 0 Å². The molecule has 0 fully saturated rings. The topological polar surface area (TPSA) is 42.0 Å². The van der Waals surface area contributed by atoms with E-state index in [0.29, 0.717) is 12.1 Å². The molecule has 2 aromatic carbocycles. The van der Waals surface area contributed by atoms with Crippen LogP contribution in [0.5, 0.6) is 0 Å². The maximum Gasteiger partial charge on any atom is 0.252 e. The summed E-state index contributed by atoms with van der Waals surface area (Å²) < 4.78 is 0. The molecule has 0 radical (unpaired) electrons. The van der Waals surface area contributed by atoms with Gasteiger partial charge in [0.15, 0.2) is 0 Å². The Hall–Kier alpha value is -2.94. The van der Waals surface area contributed by atoms with Gasteiger partial charge in [-0.05, 0) is 25.1 Å². The standard InChI is InChI=1S/C20H18N2O/c1-3-11-21-20(23)17-13-19(15-8-6-7-14(2)12-15)22-18-10-5-4-9-16(17)18/h3-10,12-13H,1,11H2,2H3,(H,21,23). The summed E-state index contributed by atoms with van der Waals surface area (Å²) in [6.07, 6.45) is 1.67. The van der Waals surface area contributed by atoms with Crippen molar-refractivity contribution in [1.29, 1.82) is 0 Å². The average molecular weight is 302 g/mol. The third kappa shape index (κ3) is 3.14. The zero-order valence-corrected chi connectivity index (χ0v) is 13.0. The highest BCUT2D eigenvalue weighted by Crippen LogP contribution is 2.25. The van der Waals surface area contributed by atoms with E-state index in [0.717, 1.165) is 27.7 Å². The van der Waals surface area contributed by atoms with E-state index in [1.807, 2.05) is 55.5 Å². The molecule has 1 heterocycles. The number of aromatic nitrogens is 1. The number of carbonyl (C=O) groups is 1. The fraction of sp³-hybridized carbons (Fsp3) is 0.100. The summed E-state index contributed by atoms with van der Waals surface area (Å²) in [7, 11) is 0. The van der Waals surface area contributed by atoms with Gasteiger partial charge in [-0.25, -0.2) is 4.98 Å². The summed E-state index contributed by atoms with van der Waals surface area (Å²) in [6, 6.07) is 17.7. The highest BCUT2D eigenvalue weighted by atomic mass is 16.1. The van der Waals surface area contributed by atoms with E-state index >= 15 is 0 Å². The molecule has 3 rings (SSSR count). The largest absolute Gasteiger partial charge is 0.349 e. The van der Waals surface area contributed by atoms with Crippen molar-refractivity contribution in [1.82, 2.24) is 10.3 Å². The van der Waals surface area contributed by atoms with Crippen molar-refractivity contribution in [3.63, 3.8) is 0 Å². The van der Waals surface area contributed by atoms with Crippen LogP contribution in [0.3, 0.4) is 0 Å². The fourth-order valence-corrected chi connectivity index (χ4v) is 2.58. The minimum Gasteiger partial charge on any atom is -0.349 e. The Morgan fingerprint density at radius 3 is 2.78 bits per heavy atom. The number of amides is 1. The summed E-state index contributed by atoms with van der Waals surface area (Å²) >= 11 is 0. The van der Waals surface area contributed by atoms with E-state index in [4.69, 9.17) is 4.98 Å². The lowest BCUT2D eigenvalue weighted by Gasteiger charge is -2.10. The molecule has 0 atom stereocenters. The van der Waals surface area contributed by atoms with Crippen LogP contribution in [-0.4, -0.2) is 17.4 Å². The molecule has 0 unspecified atom stereocenters. The lowest BCUT2D eigenvalue weighted by atomic mass is 10.0. The summed E-state index contributed by atoms with van der Waals surface area (Å²) in [4.78, 5) is 17.2. The molecule has 3 aromatic rings. The van der Waals surface area contributed by atoms with Crippen LogP contribution in [0.25, 0.3) is 22.2 Å². The molecule has 1 amide bonds. The Labute approximate surface area is 135 Å². The molecule has 0 aliphatic rings. The highest BCUT2D eigenvalue weighted by Gasteiger charge is 2.13. The van der Waals surface area contributed by atoms with Gasteiger partial charge in [0.1, 0.15) is 0 Å². The zero-order chi connectivity index (χ0) is 16.2. The second kappa shape index (κ2) is 6.44. The van der Waals surface area contributed by atoms with Crippen LogP contribution in [0.4, 0.5) is 0 Å². The molecule has 0 spiro atoms. The molecule has 114 valence electrons. The quantitative estimate of drug-likeness (QED) is 0.736. The Bertz CT molecular complexity index is 884. The molecule has 23 heavy (non-hydrogen) atoms. The van der Waals surface area contributed by atoms with Gasteiger partial charge in [-0.2, -0.15) is 0 Å². The number of nitrogens with zero attached hydrogens (tertiary/aromatic N) is 1. The van der Waals surface area contributed by atoms with Crippen LogP contribution in [0.2, 0.25) is 0 Å². The summed E-state index contributed by atoms with van der Waals surface area (Å²) in [5.74, 6) is -0.114. The van der Waals surface area contributed by atoms with Gasteiger partial charge in [0, 0.05) is 17.5 Å². The molecular weight excluding hydrogens is 284 g/mol. The number of nitrogens with one attached hydrogen (secondary N) is 1. The van der Waals surface area contributed by atoms with E-state index in [-0.39, 0.29) is 5.91 Å². The Balaban J connectivity index is 2.17. The van der Waals surface area contributed by atoms with Crippen LogP contribution in [0.1, 0.15) is 15.9 Å². The van der Waals surface area contributed by atoms with Gasteiger partial charge in [0.05, 0.1) is 16.8 Å². The molecule has 0 saturated carbocycles. The minimum atomic E-state index is -0.114. The monoisotopic (exact) mass is 302 g/mol. The molecule has 0 bridgehead atoms. The Morgan fingerprint density at radius 1 is 1.17 bits per heavy atom. The van der Waals surface area contributed by atoms with Crippen molar-refractivity contribution in [3.05, 3.63) is 78.4 Å². The van der Waals surface area contributed by atoms with Gasteiger partial charge in [0.2, 0.25) is 0 Å². The molecule has 0 aliphatic heterocycles. The normalized spacial score (nSPS) is 10.5. The van der Waals surface area contributed by atoms with Crippen LogP contribution >= 0.6 is 0 Å². The SMILES string of the molecule is C=CCNC(=O)c1cc(-c2cccc(C)c2)nc2ccccc12. The first kappa shape index (κ1) is 15.0. The van der Waals surface area contributed by atoms with E-state index in [9.17, 15) is 4.79 Å². The van der Waals surface area contributed by atoms with Crippen LogP contribution in [0, 0.1) is 6.92 Å². The number of aryl methyl sites for hydroxylation is 1. The van der Waals surface area contributed by atoms with Gasteiger partial charge in [-0.1, -0.05) is 48.0 Å². The number of para-hydroxylation sites is 1. The van der Waals surface area contributed by atoms with E-state index < -0.39 is 0 Å². The van der Waals surface area contributed by atoms with Crippen LogP contribution < -0.4 is 5.32 Å². The molecule has 0 saturated heterocycles. The number of hydrogen-bond acceptors (Lipinski definition) is 2. The van der Waals surface area contributed by atoms with Gasteiger partial charge in [0.25, 0.3) is 5.91 Å². The van der Waals surface area contributed by atoms with E-state index in [1.165, 1.54) is 0 Å². The van der Waals surface area contributed by atoms with Crippen molar-refractivity contribution in [3.8, 4) is 11.3 Å². The number of carbonyl (C=O) groups excluding carboxylic acids is 1. The number of fused-ring (bicyclic) bond motifs is 1. The van der Waals surface area contributed by atoms with Gasteiger partial charge in [-0.15, -0.1) is 6.58 Å². The first-order valence-electron chi connectivity index (χ1n) is 7.55. The third-order valence-electron chi connectivity index (χ3n) is 3.68. The summed E-state index contributed by atoms with van der Waals surface area (Å²) in [5.41, 5.74) is 4.42. The second-order valence-corrected chi connectivity index (χ2v) is 5.44. The number of rotatable bonds is 4. The van der Waals surface area contributed by atoms with Crippen molar-refractivity contribution in [2.24, 2.45) is 0 Å². The van der Waals surface area contributed by atoms with Gasteiger partial charge < -0.3 is 5.32 Å². The predicted molar refractivity (Wildman–Crippen MR) is 94.4 cm³/mol.